The average Bonchev–Trinajstić information content (AvgIpc) is 3.10. The van der Waals surface area contributed by atoms with Crippen LogP contribution < -0.4 is 5.32 Å². The molecule has 7 nitrogen and oxygen atoms in total. The highest BCUT2D eigenvalue weighted by Crippen LogP contribution is 2.37. The van der Waals surface area contributed by atoms with Crippen LogP contribution in [0.25, 0.3) is 0 Å². The Morgan fingerprint density at radius 2 is 2.22 bits per heavy atom. The third-order valence-corrected chi connectivity index (χ3v) is 3.49. The van der Waals surface area contributed by atoms with E-state index < -0.39 is 0 Å². The van der Waals surface area contributed by atoms with Gasteiger partial charge in [-0.1, -0.05) is 0 Å². The summed E-state index contributed by atoms with van der Waals surface area (Å²) >= 11 is 1.47. The van der Waals surface area contributed by atoms with Gasteiger partial charge in [0.1, 0.15) is 16.7 Å². The minimum Gasteiger partial charge on any atom is -0.373 e. The molecule has 0 aromatic carbocycles. The molecule has 8 heteroatoms. The third kappa shape index (κ3) is 2.28. The van der Waals surface area contributed by atoms with E-state index in [4.69, 9.17) is 0 Å². The second kappa shape index (κ2) is 4.52. The van der Waals surface area contributed by atoms with Crippen molar-refractivity contribution in [3.05, 3.63) is 11.9 Å². The summed E-state index contributed by atoms with van der Waals surface area (Å²) in [6.45, 7) is 1.87. The van der Waals surface area contributed by atoms with Gasteiger partial charge in [0, 0.05) is 13.1 Å². The molecule has 0 amide bonds. The maximum absolute atomic E-state index is 4.38. The van der Waals surface area contributed by atoms with Crippen molar-refractivity contribution in [2.24, 2.45) is 0 Å². The number of hydrogen-bond donors (Lipinski definition) is 1. The maximum atomic E-state index is 4.38. The van der Waals surface area contributed by atoms with Crippen LogP contribution in [0.2, 0.25) is 0 Å². The van der Waals surface area contributed by atoms with Crippen LogP contribution in [0, 0.1) is 6.92 Å². The fourth-order valence-electron chi connectivity index (χ4n) is 1.62. The van der Waals surface area contributed by atoms with Gasteiger partial charge in [0.25, 0.3) is 0 Å². The summed E-state index contributed by atoms with van der Waals surface area (Å²) in [5.41, 5.74) is 0. The molecule has 94 valence electrons. The summed E-state index contributed by atoms with van der Waals surface area (Å²) < 4.78 is 1.88. The van der Waals surface area contributed by atoms with Crippen LogP contribution in [0.3, 0.4) is 0 Å². The molecule has 1 N–H and O–H groups in total. The van der Waals surface area contributed by atoms with Crippen LogP contribution in [0.5, 0.6) is 0 Å². The summed E-state index contributed by atoms with van der Waals surface area (Å²) in [4.78, 5) is 8.64. The largest absolute Gasteiger partial charge is 0.373 e. The quantitative estimate of drug-likeness (QED) is 0.832. The lowest BCUT2D eigenvalue weighted by Crippen LogP contribution is -2.00. The molecule has 2 aromatic rings. The second-order valence-electron chi connectivity index (χ2n) is 4.13. The predicted molar refractivity (Wildman–Crippen MR) is 66.5 cm³/mol. The molecule has 1 aliphatic carbocycles. The molecule has 0 bridgehead atoms. The highest BCUT2D eigenvalue weighted by molar-refractivity contribution is 7.99. The second-order valence-corrected chi connectivity index (χ2v) is 5.12. The van der Waals surface area contributed by atoms with Crippen LogP contribution in [-0.2, 0) is 0 Å². The first-order valence-corrected chi connectivity index (χ1v) is 6.57. The van der Waals surface area contributed by atoms with Crippen LogP contribution >= 0.6 is 11.8 Å². The number of nitrogens with zero attached hydrogens (tertiary/aromatic N) is 6. The Hall–Kier alpha value is -1.70. The first-order chi connectivity index (χ1) is 8.76. The van der Waals surface area contributed by atoms with E-state index in [9.17, 15) is 0 Å². The summed E-state index contributed by atoms with van der Waals surface area (Å²) in [5.74, 6) is 1.53. The standard InChI is InChI=1S/C10H13N7S/c1-6-12-8(11-2)5-9(13-6)18-10-14-15-16-17(10)7-3-4-7/h5,7H,3-4H2,1-2H3,(H,11,12,13). The van der Waals surface area contributed by atoms with E-state index in [1.165, 1.54) is 11.8 Å². The van der Waals surface area contributed by atoms with Gasteiger partial charge in [-0.15, -0.1) is 5.10 Å². The van der Waals surface area contributed by atoms with Gasteiger partial charge in [-0.05, 0) is 42.0 Å². The van der Waals surface area contributed by atoms with Gasteiger partial charge in [0.05, 0.1) is 6.04 Å². The Bertz CT molecular complexity index is 563. The van der Waals surface area contributed by atoms with Crippen molar-refractivity contribution in [1.82, 2.24) is 30.2 Å². The van der Waals surface area contributed by atoms with Gasteiger partial charge >= 0.3 is 0 Å². The van der Waals surface area contributed by atoms with Crippen molar-refractivity contribution in [3.63, 3.8) is 0 Å². The molecule has 1 saturated carbocycles. The molecule has 2 aromatic heterocycles. The molecule has 0 aliphatic heterocycles. The van der Waals surface area contributed by atoms with Crippen molar-refractivity contribution < 1.29 is 0 Å². The highest BCUT2D eigenvalue weighted by atomic mass is 32.2. The minimum atomic E-state index is 0.467. The molecular weight excluding hydrogens is 250 g/mol. The van der Waals surface area contributed by atoms with Crippen molar-refractivity contribution in [2.75, 3.05) is 12.4 Å². The maximum Gasteiger partial charge on any atom is 0.215 e. The lowest BCUT2D eigenvalue weighted by molar-refractivity contribution is 0.565. The number of aryl methyl sites for hydroxylation is 1. The Labute approximate surface area is 108 Å². The molecule has 18 heavy (non-hydrogen) atoms. The van der Waals surface area contributed by atoms with Crippen molar-refractivity contribution >= 4 is 17.6 Å². The zero-order valence-electron chi connectivity index (χ0n) is 10.2. The monoisotopic (exact) mass is 263 g/mol. The summed E-state index contributed by atoms with van der Waals surface area (Å²) in [6, 6.07) is 2.36. The van der Waals surface area contributed by atoms with Crippen LogP contribution in [0.4, 0.5) is 5.82 Å². The van der Waals surface area contributed by atoms with Crippen LogP contribution in [0.15, 0.2) is 16.2 Å². The van der Waals surface area contributed by atoms with E-state index in [0.29, 0.717) is 6.04 Å². The summed E-state index contributed by atoms with van der Waals surface area (Å²) in [7, 11) is 1.84. The SMILES string of the molecule is CNc1cc(Sc2nnnn2C2CC2)nc(C)n1. The normalized spacial score (nSPS) is 14.8. The number of rotatable bonds is 4. The van der Waals surface area contributed by atoms with E-state index in [0.717, 1.165) is 34.7 Å². The number of anilines is 1. The van der Waals surface area contributed by atoms with E-state index >= 15 is 0 Å². The molecule has 0 unspecified atom stereocenters. The van der Waals surface area contributed by atoms with Crippen LogP contribution in [-0.4, -0.2) is 37.2 Å². The number of aromatic nitrogens is 6. The molecule has 1 aliphatic rings. The Balaban J connectivity index is 1.87. The Morgan fingerprint density at radius 1 is 1.39 bits per heavy atom. The number of tetrazole rings is 1. The zero-order valence-corrected chi connectivity index (χ0v) is 11.0. The first-order valence-electron chi connectivity index (χ1n) is 5.75. The third-order valence-electron chi connectivity index (χ3n) is 2.62. The van der Waals surface area contributed by atoms with Crippen LogP contribution in [0.1, 0.15) is 24.7 Å². The topological polar surface area (TPSA) is 81.4 Å². The molecule has 1 fully saturated rings. The molecule has 0 saturated heterocycles. The smallest absolute Gasteiger partial charge is 0.215 e. The predicted octanol–water partition coefficient (Wildman–Crippen LogP) is 1.30. The number of nitrogens with one attached hydrogen (secondary N) is 1. The van der Waals surface area contributed by atoms with Gasteiger partial charge in [0.2, 0.25) is 5.16 Å². The zero-order chi connectivity index (χ0) is 12.5. The van der Waals surface area contributed by atoms with E-state index in [1.54, 1.807) is 0 Å². The summed E-state index contributed by atoms with van der Waals surface area (Å²) in [6.07, 6.45) is 2.31. The Morgan fingerprint density at radius 3 is 2.94 bits per heavy atom. The van der Waals surface area contributed by atoms with Gasteiger partial charge in [0.15, 0.2) is 0 Å². The molecule has 3 rings (SSSR count). The number of hydrogen-bond acceptors (Lipinski definition) is 7. The molecular formula is C10H13N7S. The molecule has 0 spiro atoms. The van der Waals surface area contributed by atoms with E-state index in [1.807, 2.05) is 24.7 Å². The van der Waals surface area contributed by atoms with E-state index in [-0.39, 0.29) is 0 Å². The lowest BCUT2D eigenvalue weighted by Gasteiger charge is -2.05. The highest BCUT2D eigenvalue weighted by Gasteiger charge is 2.28. The first kappa shape index (κ1) is 11.4. The minimum absolute atomic E-state index is 0.467. The molecule has 2 heterocycles. The van der Waals surface area contributed by atoms with E-state index in [2.05, 4.69) is 30.8 Å². The van der Waals surface area contributed by atoms with Gasteiger partial charge in [-0.2, -0.15) is 0 Å². The van der Waals surface area contributed by atoms with Gasteiger partial charge in [-0.3, -0.25) is 0 Å². The fourth-order valence-corrected chi connectivity index (χ4v) is 2.51. The van der Waals surface area contributed by atoms with Crippen molar-refractivity contribution in [3.8, 4) is 0 Å². The Kier molecular flexibility index (Phi) is 2.86. The van der Waals surface area contributed by atoms with Gasteiger partial charge < -0.3 is 5.32 Å². The molecule has 0 radical (unpaired) electrons. The fraction of sp³-hybridized carbons (Fsp3) is 0.500. The summed E-state index contributed by atoms with van der Waals surface area (Å²) in [5, 5.41) is 16.4. The van der Waals surface area contributed by atoms with Crippen molar-refractivity contribution in [1.29, 1.82) is 0 Å². The van der Waals surface area contributed by atoms with Gasteiger partial charge in [-0.25, -0.2) is 14.6 Å². The lowest BCUT2D eigenvalue weighted by atomic mass is 10.5. The average molecular weight is 263 g/mol. The van der Waals surface area contributed by atoms with Crippen molar-refractivity contribution in [2.45, 2.75) is 36.0 Å². The molecule has 0 atom stereocenters.